The molecule has 0 saturated carbocycles. The molecule has 0 spiro atoms. The van der Waals surface area contributed by atoms with Crippen molar-refractivity contribution in [3.8, 4) is 5.75 Å². The number of rotatable bonds is 4. The zero-order valence-electron chi connectivity index (χ0n) is 12.5. The molecule has 0 saturated heterocycles. The van der Waals surface area contributed by atoms with Crippen LogP contribution in [0.25, 0.3) is 0 Å². The number of hydrogen-bond donors (Lipinski definition) is 1. The Morgan fingerprint density at radius 1 is 1.10 bits per heavy atom. The van der Waals surface area contributed by atoms with Crippen LogP contribution in [0.15, 0.2) is 42.5 Å². The van der Waals surface area contributed by atoms with E-state index in [9.17, 15) is 4.79 Å². The van der Waals surface area contributed by atoms with E-state index < -0.39 is 6.09 Å². The fraction of sp³-hybridized carbons (Fsp3) is 0.235. The van der Waals surface area contributed by atoms with E-state index in [4.69, 9.17) is 9.47 Å². The number of methoxy groups -OCH3 is 1. The molecule has 0 aliphatic heterocycles. The van der Waals surface area contributed by atoms with Gasteiger partial charge in [0.2, 0.25) is 0 Å². The summed E-state index contributed by atoms with van der Waals surface area (Å²) in [6.07, 6.45) is -0.500. The van der Waals surface area contributed by atoms with Gasteiger partial charge in [0.05, 0.1) is 12.8 Å². The van der Waals surface area contributed by atoms with Gasteiger partial charge in [-0.15, -0.1) is 0 Å². The van der Waals surface area contributed by atoms with Crippen LogP contribution in [-0.2, 0) is 11.3 Å². The third kappa shape index (κ3) is 3.75. The molecule has 2 rings (SSSR count). The average molecular weight is 285 g/mol. The predicted octanol–water partition coefficient (Wildman–Crippen LogP) is 4.06. The lowest BCUT2D eigenvalue weighted by atomic mass is 10.1. The van der Waals surface area contributed by atoms with Crippen LogP contribution in [0, 0.1) is 13.8 Å². The van der Waals surface area contributed by atoms with Crippen LogP contribution in [0.1, 0.15) is 16.7 Å². The molecule has 0 atom stereocenters. The minimum Gasteiger partial charge on any atom is -0.494 e. The number of carbonyl (C=O) groups is 1. The molecule has 0 heterocycles. The second-order valence-electron chi connectivity index (χ2n) is 4.78. The monoisotopic (exact) mass is 285 g/mol. The van der Waals surface area contributed by atoms with Gasteiger partial charge in [-0.05, 0) is 36.6 Å². The molecule has 0 aromatic heterocycles. The molecule has 0 aliphatic rings. The van der Waals surface area contributed by atoms with E-state index in [0.717, 1.165) is 16.7 Å². The fourth-order valence-electron chi connectivity index (χ4n) is 2.02. The topological polar surface area (TPSA) is 47.6 Å². The maximum absolute atomic E-state index is 11.9. The van der Waals surface area contributed by atoms with Gasteiger partial charge in [0.1, 0.15) is 12.4 Å². The van der Waals surface area contributed by atoms with Gasteiger partial charge in [0, 0.05) is 0 Å². The van der Waals surface area contributed by atoms with Crippen LogP contribution in [-0.4, -0.2) is 13.2 Å². The quantitative estimate of drug-likeness (QED) is 0.921. The third-order valence-electron chi connectivity index (χ3n) is 3.33. The number of carbonyl (C=O) groups excluding carboxylic acids is 1. The smallest absolute Gasteiger partial charge is 0.412 e. The number of ether oxygens (including phenoxy) is 2. The number of anilines is 1. The Labute approximate surface area is 124 Å². The summed E-state index contributed by atoms with van der Waals surface area (Å²) in [7, 11) is 1.59. The third-order valence-corrected chi connectivity index (χ3v) is 3.33. The Kier molecular flexibility index (Phi) is 4.82. The molecular formula is C17H19NO3. The minimum atomic E-state index is -0.500. The van der Waals surface area contributed by atoms with Crippen LogP contribution in [0.2, 0.25) is 0 Å². The summed E-state index contributed by atoms with van der Waals surface area (Å²) in [5, 5.41) is 2.71. The molecule has 2 aromatic rings. The number of benzene rings is 2. The highest BCUT2D eigenvalue weighted by atomic mass is 16.5. The van der Waals surface area contributed by atoms with Gasteiger partial charge >= 0.3 is 6.09 Å². The first-order valence-electron chi connectivity index (χ1n) is 6.73. The van der Waals surface area contributed by atoms with Crippen molar-refractivity contribution >= 4 is 11.8 Å². The zero-order valence-corrected chi connectivity index (χ0v) is 12.5. The van der Waals surface area contributed by atoms with Crippen LogP contribution >= 0.6 is 0 Å². The summed E-state index contributed by atoms with van der Waals surface area (Å²) in [6, 6.07) is 13.3. The van der Waals surface area contributed by atoms with E-state index in [1.807, 2.05) is 56.3 Å². The van der Waals surface area contributed by atoms with E-state index in [1.54, 1.807) is 7.11 Å². The summed E-state index contributed by atoms with van der Waals surface area (Å²) < 4.78 is 10.5. The van der Waals surface area contributed by atoms with Crippen molar-refractivity contribution < 1.29 is 14.3 Å². The largest absolute Gasteiger partial charge is 0.494 e. The first kappa shape index (κ1) is 14.9. The van der Waals surface area contributed by atoms with Crippen molar-refractivity contribution in [3.05, 3.63) is 59.2 Å². The number of aryl methyl sites for hydroxylation is 1. The SMILES string of the molecule is COc1c(NC(=O)OCc2ccccc2)ccc(C)c1C. The van der Waals surface area contributed by atoms with E-state index in [0.29, 0.717) is 11.4 Å². The molecule has 0 fully saturated rings. The van der Waals surface area contributed by atoms with Crippen LogP contribution in [0.5, 0.6) is 5.75 Å². The van der Waals surface area contributed by atoms with E-state index >= 15 is 0 Å². The molecule has 0 radical (unpaired) electrons. The van der Waals surface area contributed by atoms with Crippen molar-refractivity contribution in [1.29, 1.82) is 0 Å². The summed E-state index contributed by atoms with van der Waals surface area (Å²) in [6.45, 7) is 4.18. The molecule has 0 aliphatic carbocycles. The van der Waals surface area contributed by atoms with Gasteiger partial charge < -0.3 is 9.47 Å². The standard InChI is InChI=1S/C17H19NO3/c1-12-9-10-15(16(20-3)13(12)2)18-17(19)21-11-14-7-5-4-6-8-14/h4-10H,11H2,1-3H3,(H,18,19). The van der Waals surface area contributed by atoms with Crippen LogP contribution < -0.4 is 10.1 Å². The molecule has 0 unspecified atom stereocenters. The van der Waals surface area contributed by atoms with Gasteiger partial charge in [-0.2, -0.15) is 0 Å². The Morgan fingerprint density at radius 2 is 1.81 bits per heavy atom. The predicted molar refractivity (Wildman–Crippen MR) is 82.7 cm³/mol. The normalized spacial score (nSPS) is 10.0. The molecule has 1 N–H and O–H groups in total. The van der Waals surface area contributed by atoms with E-state index in [2.05, 4.69) is 5.32 Å². The molecule has 0 bridgehead atoms. The lowest BCUT2D eigenvalue weighted by Crippen LogP contribution is -2.14. The summed E-state index contributed by atoms with van der Waals surface area (Å²) in [5.41, 5.74) is 3.66. The first-order chi connectivity index (χ1) is 10.1. The Balaban J connectivity index is 2.01. The highest BCUT2D eigenvalue weighted by Crippen LogP contribution is 2.30. The maximum Gasteiger partial charge on any atom is 0.412 e. The molecule has 1 amide bonds. The Morgan fingerprint density at radius 3 is 2.48 bits per heavy atom. The van der Waals surface area contributed by atoms with Crippen LogP contribution in [0.4, 0.5) is 10.5 Å². The molecular weight excluding hydrogens is 266 g/mol. The highest BCUT2D eigenvalue weighted by Gasteiger charge is 2.12. The van der Waals surface area contributed by atoms with Crippen molar-refractivity contribution in [3.63, 3.8) is 0 Å². The maximum atomic E-state index is 11.9. The van der Waals surface area contributed by atoms with Crippen molar-refractivity contribution in [2.45, 2.75) is 20.5 Å². The number of hydrogen-bond acceptors (Lipinski definition) is 3. The van der Waals surface area contributed by atoms with Gasteiger partial charge in [0.15, 0.2) is 0 Å². The molecule has 4 heteroatoms. The minimum absolute atomic E-state index is 0.236. The number of amides is 1. The van der Waals surface area contributed by atoms with Crippen molar-refractivity contribution in [1.82, 2.24) is 0 Å². The van der Waals surface area contributed by atoms with E-state index in [-0.39, 0.29) is 6.61 Å². The summed E-state index contributed by atoms with van der Waals surface area (Å²) in [5.74, 6) is 0.659. The molecule has 21 heavy (non-hydrogen) atoms. The van der Waals surface area contributed by atoms with Crippen molar-refractivity contribution in [2.24, 2.45) is 0 Å². The van der Waals surface area contributed by atoms with Gasteiger partial charge in [0.25, 0.3) is 0 Å². The lowest BCUT2D eigenvalue weighted by Gasteiger charge is -2.14. The second-order valence-corrected chi connectivity index (χ2v) is 4.78. The summed E-state index contributed by atoms with van der Waals surface area (Å²) >= 11 is 0. The average Bonchev–Trinajstić information content (AvgIpc) is 2.50. The van der Waals surface area contributed by atoms with Crippen molar-refractivity contribution in [2.75, 3.05) is 12.4 Å². The highest BCUT2D eigenvalue weighted by molar-refractivity contribution is 5.87. The fourth-order valence-corrected chi connectivity index (χ4v) is 2.02. The lowest BCUT2D eigenvalue weighted by molar-refractivity contribution is 0.155. The number of nitrogens with one attached hydrogen (secondary N) is 1. The summed E-state index contributed by atoms with van der Waals surface area (Å²) in [4.78, 5) is 11.9. The van der Waals surface area contributed by atoms with E-state index in [1.165, 1.54) is 0 Å². The van der Waals surface area contributed by atoms with Gasteiger partial charge in [-0.1, -0.05) is 36.4 Å². The Bertz CT molecular complexity index is 623. The van der Waals surface area contributed by atoms with Crippen LogP contribution in [0.3, 0.4) is 0 Å². The Hall–Kier alpha value is -2.49. The molecule has 2 aromatic carbocycles. The first-order valence-corrected chi connectivity index (χ1v) is 6.73. The zero-order chi connectivity index (χ0) is 15.2. The van der Waals surface area contributed by atoms with Gasteiger partial charge in [-0.25, -0.2) is 4.79 Å². The second kappa shape index (κ2) is 6.79. The van der Waals surface area contributed by atoms with Gasteiger partial charge in [-0.3, -0.25) is 5.32 Å². The molecule has 110 valence electrons. The molecule has 4 nitrogen and oxygen atoms in total.